The molecule has 8 heteroatoms. The number of benzene rings is 3. The van der Waals surface area contributed by atoms with Crippen molar-refractivity contribution in [1.82, 2.24) is 4.90 Å². The molecule has 1 fully saturated rings. The lowest BCUT2D eigenvalue weighted by atomic mass is 9.90. The number of hydrogen-bond acceptors (Lipinski definition) is 5. The van der Waals surface area contributed by atoms with Crippen LogP contribution in [0.25, 0.3) is 0 Å². The van der Waals surface area contributed by atoms with Crippen molar-refractivity contribution in [3.8, 4) is 0 Å². The van der Waals surface area contributed by atoms with Gasteiger partial charge in [-0.15, -0.1) is 0 Å². The number of likely N-dealkylation sites (tertiary alicyclic amines) is 1. The predicted octanol–water partition coefficient (Wildman–Crippen LogP) is 4.15. The van der Waals surface area contributed by atoms with E-state index in [9.17, 15) is 18.0 Å². The normalized spacial score (nSPS) is 14.3. The van der Waals surface area contributed by atoms with Gasteiger partial charge in [0.15, 0.2) is 6.61 Å². The Kier molecular flexibility index (Phi) is 8.05. The van der Waals surface area contributed by atoms with Gasteiger partial charge >= 0.3 is 5.97 Å². The zero-order valence-corrected chi connectivity index (χ0v) is 21.1. The molecule has 0 saturated carbocycles. The first-order valence-corrected chi connectivity index (χ1v) is 13.4. The lowest BCUT2D eigenvalue weighted by Crippen LogP contribution is -2.41. The number of ether oxygens (including phenoxy) is 1. The lowest BCUT2D eigenvalue weighted by Gasteiger charge is -2.32. The Balaban J connectivity index is 1.31. The topological polar surface area (TPSA) is 84.0 Å². The van der Waals surface area contributed by atoms with Crippen LogP contribution in [0, 0.1) is 5.92 Å². The number of carbonyl (C=O) groups is 2. The second-order valence-corrected chi connectivity index (χ2v) is 10.9. The minimum absolute atomic E-state index is 0.0323. The first kappa shape index (κ1) is 25.4. The van der Waals surface area contributed by atoms with E-state index in [4.69, 9.17) is 4.74 Å². The fourth-order valence-electron chi connectivity index (χ4n) is 4.35. The molecule has 36 heavy (non-hydrogen) atoms. The molecular weight excluding hydrogens is 476 g/mol. The molecule has 0 atom stereocenters. The molecule has 3 aromatic rings. The van der Waals surface area contributed by atoms with E-state index in [1.54, 1.807) is 35.2 Å². The number of anilines is 1. The van der Waals surface area contributed by atoms with Gasteiger partial charge < -0.3 is 9.64 Å². The number of esters is 1. The zero-order valence-electron chi connectivity index (χ0n) is 20.2. The maximum Gasteiger partial charge on any atom is 0.338 e. The number of piperidine rings is 1. The van der Waals surface area contributed by atoms with Gasteiger partial charge in [-0.05, 0) is 61.1 Å². The Hall–Kier alpha value is -3.65. The molecule has 0 N–H and O–H groups in total. The summed E-state index contributed by atoms with van der Waals surface area (Å²) in [6.45, 7) is 0.893. The number of rotatable bonds is 8. The van der Waals surface area contributed by atoms with Crippen LogP contribution in [0.5, 0.6) is 0 Å². The zero-order chi connectivity index (χ0) is 25.5. The molecule has 0 radical (unpaired) electrons. The van der Waals surface area contributed by atoms with Gasteiger partial charge in [-0.3, -0.25) is 9.10 Å². The number of hydrogen-bond donors (Lipinski definition) is 0. The van der Waals surface area contributed by atoms with Crippen molar-refractivity contribution in [3.05, 3.63) is 96.1 Å². The van der Waals surface area contributed by atoms with Crippen LogP contribution < -0.4 is 4.31 Å². The minimum Gasteiger partial charge on any atom is -0.452 e. The van der Waals surface area contributed by atoms with Crippen molar-refractivity contribution in [2.75, 3.05) is 31.0 Å². The summed E-state index contributed by atoms with van der Waals surface area (Å²) in [6, 6.07) is 24.7. The van der Waals surface area contributed by atoms with Crippen LogP contribution in [-0.4, -0.2) is 51.9 Å². The van der Waals surface area contributed by atoms with Crippen molar-refractivity contribution >= 4 is 27.6 Å². The monoisotopic (exact) mass is 506 g/mol. The largest absolute Gasteiger partial charge is 0.452 e. The van der Waals surface area contributed by atoms with Crippen molar-refractivity contribution < 1.29 is 22.7 Å². The average molecular weight is 507 g/mol. The third-order valence-electron chi connectivity index (χ3n) is 6.51. The standard InChI is InChI=1S/C28H30N2O5S/c1-29(25-12-6-3-7-13-25)36(33,34)26-14-8-11-24(20-26)28(32)35-21-27(31)30-17-15-23(16-18-30)19-22-9-4-2-5-10-22/h2-14,20,23H,15-19,21H2,1H3. The molecule has 1 amide bonds. The number of para-hydroxylation sites is 1. The van der Waals surface area contributed by atoms with E-state index in [1.165, 1.54) is 36.9 Å². The maximum absolute atomic E-state index is 13.0. The molecule has 0 aromatic heterocycles. The molecule has 3 aromatic carbocycles. The number of sulfonamides is 1. The van der Waals surface area contributed by atoms with Gasteiger partial charge in [-0.1, -0.05) is 54.6 Å². The Morgan fingerprint density at radius 3 is 2.22 bits per heavy atom. The van der Waals surface area contributed by atoms with Crippen LogP contribution in [0.3, 0.4) is 0 Å². The molecule has 0 unspecified atom stereocenters. The SMILES string of the molecule is CN(c1ccccc1)S(=O)(=O)c1cccc(C(=O)OCC(=O)N2CCC(Cc3ccccc3)CC2)c1. The van der Waals surface area contributed by atoms with Crippen molar-refractivity contribution in [2.45, 2.75) is 24.2 Å². The van der Waals surface area contributed by atoms with E-state index < -0.39 is 16.0 Å². The number of amides is 1. The highest BCUT2D eigenvalue weighted by Gasteiger charge is 2.25. The molecule has 0 bridgehead atoms. The van der Waals surface area contributed by atoms with Crippen LogP contribution in [0.2, 0.25) is 0 Å². The third kappa shape index (κ3) is 6.12. The minimum atomic E-state index is -3.87. The van der Waals surface area contributed by atoms with Gasteiger partial charge in [0, 0.05) is 20.1 Å². The second kappa shape index (κ2) is 11.4. The first-order valence-electron chi connectivity index (χ1n) is 12.0. The maximum atomic E-state index is 13.0. The van der Waals surface area contributed by atoms with E-state index in [2.05, 4.69) is 12.1 Å². The Bertz CT molecular complexity index is 1290. The molecule has 1 aliphatic heterocycles. The van der Waals surface area contributed by atoms with Crippen LogP contribution >= 0.6 is 0 Å². The van der Waals surface area contributed by atoms with Crippen molar-refractivity contribution in [1.29, 1.82) is 0 Å². The molecule has 4 rings (SSSR count). The Morgan fingerprint density at radius 2 is 1.56 bits per heavy atom. The van der Waals surface area contributed by atoms with Gasteiger partial charge in [0.05, 0.1) is 16.1 Å². The smallest absolute Gasteiger partial charge is 0.338 e. The summed E-state index contributed by atoms with van der Waals surface area (Å²) in [7, 11) is -2.42. The quantitative estimate of drug-likeness (QED) is 0.429. The van der Waals surface area contributed by atoms with Gasteiger partial charge in [-0.2, -0.15) is 0 Å². The van der Waals surface area contributed by atoms with Crippen LogP contribution in [0.4, 0.5) is 5.69 Å². The summed E-state index contributed by atoms with van der Waals surface area (Å²) in [5, 5.41) is 0. The fraction of sp³-hybridized carbons (Fsp3) is 0.286. The Morgan fingerprint density at radius 1 is 0.917 bits per heavy atom. The molecule has 1 saturated heterocycles. The van der Waals surface area contributed by atoms with Gasteiger partial charge in [0.2, 0.25) is 0 Å². The third-order valence-corrected chi connectivity index (χ3v) is 8.29. The fourth-order valence-corrected chi connectivity index (χ4v) is 5.60. The van der Waals surface area contributed by atoms with E-state index in [0.29, 0.717) is 24.7 Å². The van der Waals surface area contributed by atoms with E-state index >= 15 is 0 Å². The molecule has 1 heterocycles. The summed E-state index contributed by atoms with van der Waals surface area (Å²) >= 11 is 0. The van der Waals surface area contributed by atoms with E-state index in [0.717, 1.165) is 23.6 Å². The highest BCUT2D eigenvalue weighted by atomic mass is 32.2. The summed E-state index contributed by atoms with van der Waals surface area (Å²) in [5.41, 5.74) is 1.88. The average Bonchev–Trinajstić information content (AvgIpc) is 2.92. The Labute approximate surface area is 212 Å². The molecule has 0 spiro atoms. The van der Waals surface area contributed by atoms with Gasteiger partial charge in [0.25, 0.3) is 15.9 Å². The van der Waals surface area contributed by atoms with Crippen LogP contribution in [-0.2, 0) is 26.0 Å². The summed E-state index contributed by atoms with van der Waals surface area (Å²) < 4.78 is 32.5. The molecule has 188 valence electrons. The lowest BCUT2D eigenvalue weighted by molar-refractivity contribution is -0.135. The van der Waals surface area contributed by atoms with Gasteiger partial charge in [-0.25, -0.2) is 13.2 Å². The predicted molar refractivity (Wildman–Crippen MR) is 138 cm³/mol. The molecule has 1 aliphatic rings. The summed E-state index contributed by atoms with van der Waals surface area (Å²) in [4.78, 5) is 26.9. The second-order valence-electron chi connectivity index (χ2n) is 8.93. The summed E-state index contributed by atoms with van der Waals surface area (Å²) in [5.74, 6) is -0.450. The van der Waals surface area contributed by atoms with E-state index in [1.807, 2.05) is 18.2 Å². The first-order chi connectivity index (χ1) is 17.3. The highest BCUT2D eigenvalue weighted by molar-refractivity contribution is 7.92. The van der Waals surface area contributed by atoms with E-state index in [-0.39, 0.29) is 23.0 Å². The number of nitrogens with zero attached hydrogens (tertiary/aromatic N) is 2. The molecular formula is C28H30N2O5S. The van der Waals surface area contributed by atoms with Crippen LogP contribution in [0.1, 0.15) is 28.8 Å². The highest BCUT2D eigenvalue weighted by Crippen LogP contribution is 2.23. The van der Waals surface area contributed by atoms with Crippen LogP contribution in [0.15, 0.2) is 89.8 Å². The molecule has 7 nitrogen and oxygen atoms in total. The van der Waals surface area contributed by atoms with Crippen molar-refractivity contribution in [2.24, 2.45) is 5.92 Å². The van der Waals surface area contributed by atoms with Crippen molar-refractivity contribution in [3.63, 3.8) is 0 Å². The summed E-state index contributed by atoms with van der Waals surface area (Å²) in [6.07, 6.45) is 2.81. The van der Waals surface area contributed by atoms with Gasteiger partial charge in [0.1, 0.15) is 0 Å². The number of carbonyl (C=O) groups excluding carboxylic acids is 2. The molecule has 0 aliphatic carbocycles.